The zero-order valence-corrected chi connectivity index (χ0v) is 5.57. The standard InChI is InChI=1S/C7H6N3/c1-10-5-9-6-3-2-4-8-7(6)10/h2-4H,1H3. The molecule has 0 saturated carbocycles. The molecule has 0 saturated heterocycles. The van der Waals surface area contributed by atoms with Gasteiger partial charge in [0.15, 0.2) is 12.0 Å². The van der Waals surface area contributed by atoms with Crippen LogP contribution in [0.15, 0.2) is 18.3 Å². The Balaban J connectivity index is 2.93. The fourth-order valence-electron chi connectivity index (χ4n) is 0.910. The van der Waals surface area contributed by atoms with Gasteiger partial charge in [-0.15, -0.1) is 0 Å². The van der Waals surface area contributed by atoms with Crippen LogP contribution in [-0.2, 0) is 7.05 Å². The first-order valence-corrected chi connectivity index (χ1v) is 3.03. The number of pyridine rings is 1. The van der Waals surface area contributed by atoms with Crippen molar-refractivity contribution in [3.63, 3.8) is 0 Å². The van der Waals surface area contributed by atoms with Crippen molar-refractivity contribution in [1.82, 2.24) is 14.5 Å². The van der Waals surface area contributed by atoms with Crippen LogP contribution in [0.25, 0.3) is 11.2 Å². The normalized spacial score (nSPS) is 10.5. The van der Waals surface area contributed by atoms with E-state index in [4.69, 9.17) is 0 Å². The molecule has 3 nitrogen and oxygen atoms in total. The van der Waals surface area contributed by atoms with Crippen molar-refractivity contribution in [3.05, 3.63) is 24.7 Å². The lowest BCUT2D eigenvalue weighted by atomic mass is 10.4. The summed E-state index contributed by atoms with van der Waals surface area (Å²) in [5.74, 6) is 0. The van der Waals surface area contributed by atoms with Crippen LogP contribution in [0.2, 0.25) is 0 Å². The zero-order chi connectivity index (χ0) is 6.97. The molecule has 10 heavy (non-hydrogen) atoms. The van der Waals surface area contributed by atoms with Gasteiger partial charge in [-0.25, -0.2) is 9.97 Å². The summed E-state index contributed by atoms with van der Waals surface area (Å²) < 4.78 is 1.77. The highest BCUT2D eigenvalue weighted by Gasteiger charge is 1.96. The average molecular weight is 132 g/mol. The molecule has 1 radical (unpaired) electrons. The minimum Gasteiger partial charge on any atom is -0.309 e. The topological polar surface area (TPSA) is 30.7 Å². The van der Waals surface area contributed by atoms with Crippen molar-refractivity contribution in [3.8, 4) is 0 Å². The smallest absolute Gasteiger partial charge is 0.178 e. The quantitative estimate of drug-likeness (QED) is 0.530. The van der Waals surface area contributed by atoms with Crippen LogP contribution in [-0.4, -0.2) is 14.5 Å². The van der Waals surface area contributed by atoms with Crippen LogP contribution in [0.3, 0.4) is 0 Å². The summed E-state index contributed by atoms with van der Waals surface area (Å²) in [6.07, 6.45) is 4.53. The minimum absolute atomic E-state index is 0.877. The van der Waals surface area contributed by atoms with Crippen LogP contribution in [0.5, 0.6) is 0 Å². The van der Waals surface area contributed by atoms with E-state index >= 15 is 0 Å². The molecule has 2 aromatic rings. The van der Waals surface area contributed by atoms with Gasteiger partial charge in [0.05, 0.1) is 0 Å². The fourth-order valence-corrected chi connectivity index (χ4v) is 0.910. The van der Waals surface area contributed by atoms with Gasteiger partial charge in [-0.1, -0.05) is 0 Å². The number of nitrogens with zero attached hydrogens (tertiary/aromatic N) is 3. The molecule has 0 atom stereocenters. The number of aryl methyl sites for hydroxylation is 1. The maximum Gasteiger partial charge on any atom is 0.178 e. The summed E-state index contributed by atoms with van der Waals surface area (Å²) in [6.45, 7) is 0. The molecule has 2 rings (SSSR count). The molecule has 3 heteroatoms. The summed E-state index contributed by atoms with van der Waals surface area (Å²) in [5.41, 5.74) is 1.77. The summed E-state index contributed by atoms with van der Waals surface area (Å²) in [5, 5.41) is 0. The highest BCUT2D eigenvalue weighted by atomic mass is 15.1. The second kappa shape index (κ2) is 1.80. The molecule has 2 aromatic heterocycles. The van der Waals surface area contributed by atoms with Crippen LogP contribution < -0.4 is 0 Å². The first-order chi connectivity index (χ1) is 4.88. The fraction of sp³-hybridized carbons (Fsp3) is 0.143. The average Bonchev–Trinajstić information content (AvgIpc) is 2.34. The molecular weight excluding hydrogens is 126 g/mol. The van der Waals surface area contributed by atoms with Gasteiger partial charge in [0, 0.05) is 13.2 Å². The SMILES string of the molecule is Cn1[c]nc2cccnc21. The maximum atomic E-state index is 4.11. The molecule has 0 spiro atoms. The highest BCUT2D eigenvalue weighted by Crippen LogP contribution is 2.04. The van der Waals surface area contributed by atoms with Gasteiger partial charge in [-0.05, 0) is 12.1 Å². The third kappa shape index (κ3) is 0.603. The van der Waals surface area contributed by atoms with Crippen LogP contribution in [0.4, 0.5) is 0 Å². The Kier molecular flexibility index (Phi) is 0.974. The predicted molar refractivity (Wildman–Crippen MR) is 37.3 cm³/mol. The molecule has 2 heterocycles. The first kappa shape index (κ1) is 5.41. The zero-order valence-electron chi connectivity index (χ0n) is 5.57. The van der Waals surface area contributed by atoms with Crippen LogP contribution in [0, 0.1) is 6.33 Å². The molecule has 0 fully saturated rings. The lowest BCUT2D eigenvalue weighted by Gasteiger charge is -1.88. The Morgan fingerprint density at radius 2 is 2.50 bits per heavy atom. The molecule has 0 unspecified atom stereocenters. The van der Waals surface area contributed by atoms with Gasteiger partial charge in [0.2, 0.25) is 0 Å². The molecule has 0 N–H and O–H groups in total. The third-order valence-corrected chi connectivity index (χ3v) is 1.40. The molecule has 0 aromatic carbocycles. The predicted octanol–water partition coefficient (Wildman–Crippen LogP) is 0.768. The Hall–Kier alpha value is -1.38. The van der Waals surface area contributed by atoms with Gasteiger partial charge >= 0.3 is 0 Å². The molecule has 0 aliphatic carbocycles. The van der Waals surface area contributed by atoms with Crippen molar-refractivity contribution in [2.45, 2.75) is 0 Å². The van der Waals surface area contributed by atoms with E-state index in [0.717, 1.165) is 11.2 Å². The Morgan fingerprint density at radius 3 is 3.30 bits per heavy atom. The van der Waals surface area contributed by atoms with Crippen molar-refractivity contribution in [2.24, 2.45) is 7.05 Å². The van der Waals surface area contributed by atoms with Crippen molar-refractivity contribution >= 4 is 11.2 Å². The molecule has 0 amide bonds. The molecular formula is C7H6N3. The number of imidazole rings is 1. The lowest BCUT2D eigenvalue weighted by molar-refractivity contribution is 0.920. The third-order valence-electron chi connectivity index (χ3n) is 1.40. The second-order valence-electron chi connectivity index (χ2n) is 2.12. The molecule has 49 valence electrons. The molecule has 0 bridgehead atoms. The summed E-state index contributed by atoms with van der Waals surface area (Å²) >= 11 is 0. The van der Waals surface area contributed by atoms with Crippen LogP contribution >= 0.6 is 0 Å². The number of hydrogen-bond acceptors (Lipinski definition) is 2. The van der Waals surface area contributed by atoms with E-state index in [1.807, 2.05) is 19.2 Å². The van der Waals surface area contributed by atoms with Gasteiger partial charge < -0.3 is 4.57 Å². The second-order valence-corrected chi connectivity index (χ2v) is 2.12. The minimum atomic E-state index is 0.877. The summed E-state index contributed by atoms with van der Waals surface area (Å²) in [6, 6.07) is 3.78. The van der Waals surface area contributed by atoms with E-state index in [0.29, 0.717) is 0 Å². The number of hydrogen-bond donors (Lipinski definition) is 0. The van der Waals surface area contributed by atoms with Crippen molar-refractivity contribution < 1.29 is 0 Å². The van der Waals surface area contributed by atoms with Crippen molar-refractivity contribution in [1.29, 1.82) is 0 Å². The van der Waals surface area contributed by atoms with Gasteiger partial charge in [-0.3, -0.25) is 0 Å². The van der Waals surface area contributed by atoms with Crippen LogP contribution in [0.1, 0.15) is 0 Å². The Labute approximate surface area is 58.3 Å². The summed E-state index contributed by atoms with van der Waals surface area (Å²) in [4.78, 5) is 8.10. The number of rotatable bonds is 0. The molecule has 0 aliphatic rings. The summed E-state index contributed by atoms with van der Waals surface area (Å²) in [7, 11) is 1.88. The van der Waals surface area contributed by atoms with E-state index in [2.05, 4.69) is 16.3 Å². The Morgan fingerprint density at radius 1 is 1.60 bits per heavy atom. The first-order valence-electron chi connectivity index (χ1n) is 3.03. The van der Waals surface area contributed by atoms with E-state index < -0.39 is 0 Å². The van der Waals surface area contributed by atoms with Crippen molar-refractivity contribution in [2.75, 3.05) is 0 Å². The Bertz CT molecular complexity index is 350. The largest absolute Gasteiger partial charge is 0.309 e. The van der Waals surface area contributed by atoms with Gasteiger partial charge in [0.25, 0.3) is 0 Å². The molecule has 0 aliphatic heterocycles. The number of fused-ring (bicyclic) bond motifs is 1. The van der Waals surface area contributed by atoms with Gasteiger partial charge in [0.1, 0.15) is 5.52 Å². The highest BCUT2D eigenvalue weighted by molar-refractivity contribution is 5.69. The number of aromatic nitrogens is 3. The van der Waals surface area contributed by atoms with E-state index in [-0.39, 0.29) is 0 Å². The monoisotopic (exact) mass is 132 g/mol. The van der Waals surface area contributed by atoms with E-state index in [1.165, 1.54) is 0 Å². The van der Waals surface area contributed by atoms with E-state index in [9.17, 15) is 0 Å². The maximum absolute atomic E-state index is 4.11. The van der Waals surface area contributed by atoms with Gasteiger partial charge in [-0.2, -0.15) is 0 Å². The van der Waals surface area contributed by atoms with E-state index in [1.54, 1.807) is 10.8 Å². The lowest BCUT2D eigenvalue weighted by Crippen LogP contribution is -1.85.